The third-order valence-corrected chi connectivity index (χ3v) is 4.81. The van der Waals surface area contributed by atoms with E-state index in [2.05, 4.69) is 17.0 Å². The first-order valence-electron chi connectivity index (χ1n) is 8.06. The Morgan fingerprint density at radius 2 is 1.76 bits per heavy atom. The minimum Gasteiger partial charge on any atom is -0.340 e. The first kappa shape index (κ1) is 12.9. The highest BCUT2D eigenvalue weighted by atomic mass is 16.2. The highest BCUT2D eigenvalue weighted by molar-refractivity contribution is 5.98. The maximum atomic E-state index is 13.0. The number of carbonyl (C=O) groups is 1. The predicted molar refractivity (Wildman–Crippen MR) is 84.3 cm³/mol. The molecule has 0 radical (unpaired) electrons. The molecule has 1 heterocycles. The van der Waals surface area contributed by atoms with Crippen LogP contribution in [0.3, 0.4) is 0 Å². The van der Waals surface area contributed by atoms with Crippen molar-refractivity contribution in [2.75, 3.05) is 13.1 Å². The molecule has 4 rings (SSSR count). The van der Waals surface area contributed by atoms with Crippen molar-refractivity contribution in [1.82, 2.24) is 9.47 Å². The Kier molecular flexibility index (Phi) is 3.02. The average molecular weight is 282 g/mol. The van der Waals surface area contributed by atoms with Crippen molar-refractivity contribution >= 4 is 16.8 Å². The van der Waals surface area contributed by atoms with E-state index in [0.717, 1.165) is 41.5 Å². The summed E-state index contributed by atoms with van der Waals surface area (Å²) in [6, 6.07) is 10.3. The van der Waals surface area contributed by atoms with Crippen LogP contribution in [0.25, 0.3) is 10.9 Å². The van der Waals surface area contributed by atoms with Gasteiger partial charge in [-0.3, -0.25) is 4.79 Å². The van der Waals surface area contributed by atoms with Crippen molar-refractivity contribution in [3.63, 3.8) is 0 Å². The third-order valence-electron chi connectivity index (χ3n) is 4.81. The molecule has 1 amide bonds. The highest BCUT2D eigenvalue weighted by Crippen LogP contribution is 2.34. The smallest absolute Gasteiger partial charge is 0.270 e. The summed E-state index contributed by atoms with van der Waals surface area (Å²) < 4.78 is 2.05. The second kappa shape index (κ2) is 4.90. The molecule has 1 aromatic heterocycles. The largest absolute Gasteiger partial charge is 0.340 e. The van der Waals surface area contributed by atoms with Gasteiger partial charge in [0.2, 0.25) is 0 Å². The van der Waals surface area contributed by atoms with Crippen LogP contribution in [0.5, 0.6) is 0 Å². The Balaban J connectivity index is 1.64. The third kappa shape index (κ3) is 2.57. The fourth-order valence-corrected chi connectivity index (χ4v) is 3.12. The summed E-state index contributed by atoms with van der Waals surface area (Å²) in [5, 5.41) is 1.15. The number of nitrogens with zero attached hydrogens (tertiary/aromatic N) is 2. The number of amides is 1. The summed E-state index contributed by atoms with van der Waals surface area (Å²) in [4.78, 5) is 15.1. The number of carbonyl (C=O) groups excluding carboxylic acids is 1. The molecule has 3 nitrogen and oxygen atoms in total. The first-order valence-corrected chi connectivity index (χ1v) is 8.06. The van der Waals surface area contributed by atoms with Crippen molar-refractivity contribution in [2.24, 2.45) is 18.9 Å². The van der Waals surface area contributed by atoms with Crippen LogP contribution < -0.4 is 0 Å². The molecule has 110 valence electrons. The van der Waals surface area contributed by atoms with E-state index in [9.17, 15) is 4.79 Å². The van der Waals surface area contributed by atoms with Crippen LogP contribution in [0, 0.1) is 11.8 Å². The van der Waals surface area contributed by atoms with Gasteiger partial charge in [0.05, 0.1) is 0 Å². The summed E-state index contributed by atoms with van der Waals surface area (Å²) >= 11 is 0. The molecule has 0 bridgehead atoms. The van der Waals surface area contributed by atoms with Crippen LogP contribution >= 0.6 is 0 Å². The number of aromatic nitrogens is 1. The zero-order chi connectivity index (χ0) is 14.4. The molecule has 2 saturated carbocycles. The Bertz CT molecular complexity index is 666. The van der Waals surface area contributed by atoms with Gasteiger partial charge in [-0.05, 0) is 49.7 Å². The molecule has 0 unspecified atom stereocenters. The van der Waals surface area contributed by atoms with Crippen LogP contribution in [0.2, 0.25) is 0 Å². The van der Waals surface area contributed by atoms with Crippen LogP contribution in [0.4, 0.5) is 0 Å². The summed E-state index contributed by atoms with van der Waals surface area (Å²) in [7, 11) is 2.00. The lowest BCUT2D eigenvalue weighted by molar-refractivity contribution is 0.0730. The topological polar surface area (TPSA) is 25.2 Å². The zero-order valence-electron chi connectivity index (χ0n) is 12.6. The van der Waals surface area contributed by atoms with Crippen molar-refractivity contribution in [2.45, 2.75) is 25.7 Å². The Labute approximate surface area is 125 Å². The average Bonchev–Trinajstić information content (AvgIpc) is 3.40. The molecule has 2 aliphatic carbocycles. The lowest BCUT2D eigenvalue weighted by atomic mass is 10.2. The van der Waals surface area contributed by atoms with Gasteiger partial charge in [0.15, 0.2) is 0 Å². The number of para-hydroxylation sites is 1. The van der Waals surface area contributed by atoms with E-state index in [1.807, 2.05) is 29.8 Å². The normalized spacial score (nSPS) is 18.1. The van der Waals surface area contributed by atoms with Crippen LogP contribution in [0.1, 0.15) is 36.2 Å². The monoisotopic (exact) mass is 282 g/mol. The molecule has 0 spiro atoms. The van der Waals surface area contributed by atoms with Crippen LogP contribution in [-0.2, 0) is 7.05 Å². The highest BCUT2D eigenvalue weighted by Gasteiger charge is 2.32. The second-order valence-corrected chi connectivity index (χ2v) is 6.74. The van der Waals surface area contributed by atoms with Crippen molar-refractivity contribution in [3.8, 4) is 0 Å². The molecule has 2 fully saturated rings. The zero-order valence-corrected chi connectivity index (χ0v) is 12.6. The summed E-state index contributed by atoms with van der Waals surface area (Å²) in [6.07, 6.45) is 5.18. The van der Waals surface area contributed by atoms with E-state index < -0.39 is 0 Å². The summed E-state index contributed by atoms with van der Waals surface area (Å²) in [6.45, 7) is 1.91. The number of hydrogen-bond donors (Lipinski definition) is 0. The number of benzene rings is 1. The van der Waals surface area contributed by atoms with E-state index in [-0.39, 0.29) is 5.91 Å². The van der Waals surface area contributed by atoms with Gasteiger partial charge in [0.1, 0.15) is 5.69 Å². The molecule has 0 atom stereocenters. The standard InChI is InChI=1S/C18H22N2O/c1-19-16-5-3-2-4-15(16)10-17(19)18(21)20(11-13-6-7-13)12-14-8-9-14/h2-5,10,13-14H,6-9,11-12H2,1H3. The van der Waals surface area contributed by atoms with E-state index in [0.29, 0.717) is 0 Å². The predicted octanol–water partition coefficient (Wildman–Crippen LogP) is 3.44. The van der Waals surface area contributed by atoms with Crippen molar-refractivity contribution in [1.29, 1.82) is 0 Å². The van der Waals surface area contributed by atoms with Gasteiger partial charge >= 0.3 is 0 Å². The number of hydrogen-bond acceptors (Lipinski definition) is 1. The minimum atomic E-state index is 0.215. The van der Waals surface area contributed by atoms with Crippen molar-refractivity contribution in [3.05, 3.63) is 36.0 Å². The molecular weight excluding hydrogens is 260 g/mol. The maximum absolute atomic E-state index is 13.0. The fourth-order valence-electron chi connectivity index (χ4n) is 3.12. The molecule has 2 aromatic rings. The van der Waals surface area contributed by atoms with E-state index in [1.54, 1.807) is 0 Å². The molecule has 21 heavy (non-hydrogen) atoms. The van der Waals surface area contributed by atoms with Gasteiger partial charge < -0.3 is 9.47 Å². The Hall–Kier alpha value is -1.77. The molecular formula is C18H22N2O. The lowest BCUT2D eigenvalue weighted by Crippen LogP contribution is -2.35. The summed E-state index contributed by atoms with van der Waals surface area (Å²) in [5.41, 5.74) is 1.97. The number of aryl methyl sites for hydroxylation is 1. The Morgan fingerprint density at radius 1 is 1.14 bits per heavy atom. The van der Waals surface area contributed by atoms with Gasteiger partial charge in [0, 0.05) is 31.0 Å². The fraction of sp³-hybridized carbons (Fsp3) is 0.500. The number of fused-ring (bicyclic) bond motifs is 1. The maximum Gasteiger partial charge on any atom is 0.270 e. The lowest BCUT2D eigenvalue weighted by Gasteiger charge is -2.23. The number of rotatable bonds is 5. The quantitative estimate of drug-likeness (QED) is 0.824. The van der Waals surface area contributed by atoms with Gasteiger partial charge in [0.25, 0.3) is 5.91 Å². The molecule has 0 N–H and O–H groups in total. The van der Waals surface area contributed by atoms with E-state index >= 15 is 0 Å². The Morgan fingerprint density at radius 3 is 2.33 bits per heavy atom. The minimum absolute atomic E-state index is 0.215. The molecule has 3 heteroatoms. The van der Waals surface area contributed by atoms with Gasteiger partial charge in [-0.25, -0.2) is 0 Å². The molecule has 2 aliphatic rings. The van der Waals surface area contributed by atoms with Crippen LogP contribution in [-0.4, -0.2) is 28.5 Å². The SMILES string of the molecule is Cn1c(C(=O)N(CC2CC2)CC2CC2)cc2ccccc21. The van der Waals surface area contributed by atoms with Gasteiger partial charge in [-0.15, -0.1) is 0 Å². The van der Waals surface area contributed by atoms with Gasteiger partial charge in [-0.2, -0.15) is 0 Å². The molecule has 0 saturated heterocycles. The molecule has 0 aliphatic heterocycles. The van der Waals surface area contributed by atoms with E-state index in [4.69, 9.17) is 0 Å². The first-order chi connectivity index (χ1) is 10.2. The second-order valence-electron chi connectivity index (χ2n) is 6.74. The van der Waals surface area contributed by atoms with Gasteiger partial charge in [-0.1, -0.05) is 18.2 Å². The van der Waals surface area contributed by atoms with Crippen LogP contribution in [0.15, 0.2) is 30.3 Å². The van der Waals surface area contributed by atoms with E-state index in [1.165, 1.54) is 25.7 Å². The van der Waals surface area contributed by atoms with Crippen molar-refractivity contribution < 1.29 is 4.79 Å². The summed E-state index contributed by atoms with van der Waals surface area (Å²) in [5.74, 6) is 1.72. The molecule has 1 aromatic carbocycles.